The van der Waals surface area contributed by atoms with E-state index >= 15 is 0 Å². The number of nitrogens with zero attached hydrogens (tertiary/aromatic N) is 1. The maximum absolute atomic E-state index is 12.8. The standard InChI is InChI=1S/C26H32N2O3/c1-2-24(31-23-14-13-19-8-3-4-9-20(19)16-23)26(30)27-17-21-10-5-6-11-22(21)18-28-15-7-12-25(28)29/h5-6,10-11,13-14,16,24H,2-4,7-9,12,15,17-18H2,1H3,(H,27,30)/t24-/m1/s1. The average Bonchev–Trinajstić information content (AvgIpc) is 3.20. The molecule has 164 valence electrons. The molecule has 31 heavy (non-hydrogen) atoms. The molecule has 2 aliphatic rings. The Morgan fingerprint density at radius 2 is 1.81 bits per heavy atom. The summed E-state index contributed by atoms with van der Waals surface area (Å²) in [6.07, 6.45) is 6.34. The molecule has 0 spiro atoms. The van der Waals surface area contributed by atoms with Crippen molar-refractivity contribution in [1.29, 1.82) is 0 Å². The predicted octanol–water partition coefficient (Wildman–Crippen LogP) is 4.16. The molecule has 5 heteroatoms. The predicted molar refractivity (Wildman–Crippen MR) is 121 cm³/mol. The zero-order valence-corrected chi connectivity index (χ0v) is 18.4. The molecule has 1 aliphatic heterocycles. The van der Waals surface area contributed by atoms with Crippen molar-refractivity contribution in [2.75, 3.05) is 6.54 Å². The highest BCUT2D eigenvalue weighted by Crippen LogP contribution is 2.26. The van der Waals surface area contributed by atoms with Crippen LogP contribution in [0, 0.1) is 0 Å². The van der Waals surface area contributed by atoms with Crippen LogP contribution in [0.5, 0.6) is 5.75 Å². The Morgan fingerprint density at radius 3 is 2.55 bits per heavy atom. The van der Waals surface area contributed by atoms with Crippen molar-refractivity contribution in [2.45, 2.75) is 71.1 Å². The van der Waals surface area contributed by atoms with E-state index in [0.29, 0.717) is 25.9 Å². The number of rotatable bonds is 8. The van der Waals surface area contributed by atoms with Crippen LogP contribution in [0.3, 0.4) is 0 Å². The highest BCUT2D eigenvalue weighted by molar-refractivity contribution is 5.81. The zero-order valence-electron chi connectivity index (χ0n) is 18.4. The third-order valence-corrected chi connectivity index (χ3v) is 6.37. The van der Waals surface area contributed by atoms with Gasteiger partial charge >= 0.3 is 0 Å². The quantitative estimate of drug-likeness (QED) is 0.698. The number of ether oxygens (including phenoxy) is 1. The van der Waals surface area contributed by atoms with Crippen LogP contribution in [-0.4, -0.2) is 29.4 Å². The first kappa shape index (κ1) is 21.4. The third kappa shape index (κ3) is 5.27. The van der Waals surface area contributed by atoms with E-state index < -0.39 is 6.10 Å². The van der Waals surface area contributed by atoms with E-state index in [2.05, 4.69) is 17.4 Å². The first-order chi connectivity index (χ1) is 15.1. The van der Waals surface area contributed by atoms with E-state index in [1.165, 1.54) is 24.0 Å². The number of benzene rings is 2. The van der Waals surface area contributed by atoms with Gasteiger partial charge in [0.15, 0.2) is 6.10 Å². The lowest BCUT2D eigenvalue weighted by atomic mass is 9.92. The van der Waals surface area contributed by atoms with Gasteiger partial charge in [0.05, 0.1) is 0 Å². The Balaban J connectivity index is 1.37. The highest BCUT2D eigenvalue weighted by atomic mass is 16.5. The van der Waals surface area contributed by atoms with Gasteiger partial charge in [0.1, 0.15) is 5.75 Å². The number of fused-ring (bicyclic) bond motifs is 1. The summed E-state index contributed by atoms with van der Waals surface area (Å²) in [5.74, 6) is 0.881. The van der Waals surface area contributed by atoms with Gasteiger partial charge in [-0.1, -0.05) is 37.3 Å². The molecule has 1 atom stereocenters. The number of aryl methyl sites for hydroxylation is 2. The highest BCUT2D eigenvalue weighted by Gasteiger charge is 2.22. The molecule has 2 aromatic rings. The van der Waals surface area contributed by atoms with Crippen molar-refractivity contribution in [2.24, 2.45) is 0 Å². The van der Waals surface area contributed by atoms with E-state index in [9.17, 15) is 9.59 Å². The van der Waals surface area contributed by atoms with Crippen LogP contribution in [0.25, 0.3) is 0 Å². The van der Waals surface area contributed by atoms with Crippen LogP contribution < -0.4 is 10.1 Å². The molecule has 0 bridgehead atoms. The summed E-state index contributed by atoms with van der Waals surface area (Å²) in [6, 6.07) is 14.2. The second-order valence-electron chi connectivity index (χ2n) is 8.56. The molecule has 2 amide bonds. The summed E-state index contributed by atoms with van der Waals surface area (Å²) in [5.41, 5.74) is 4.88. The van der Waals surface area contributed by atoms with Crippen LogP contribution >= 0.6 is 0 Å². The molecule has 1 fully saturated rings. The van der Waals surface area contributed by atoms with Gasteiger partial charge in [-0.15, -0.1) is 0 Å². The SMILES string of the molecule is CC[C@@H](Oc1ccc2c(c1)CCCC2)C(=O)NCc1ccccc1CN1CCCC1=O. The van der Waals surface area contributed by atoms with E-state index in [1.54, 1.807) is 0 Å². The first-order valence-electron chi connectivity index (χ1n) is 11.5. The summed E-state index contributed by atoms with van der Waals surface area (Å²) in [4.78, 5) is 26.7. The van der Waals surface area contributed by atoms with Crippen molar-refractivity contribution < 1.29 is 14.3 Å². The van der Waals surface area contributed by atoms with Gasteiger partial charge in [-0.3, -0.25) is 9.59 Å². The summed E-state index contributed by atoms with van der Waals surface area (Å²) in [7, 11) is 0. The molecule has 1 saturated heterocycles. The first-order valence-corrected chi connectivity index (χ1v) is 11.5. The summed E-state index contributed by atoms with van der Waals surface area (Å²) < 4.78 is 6.07. The fraction of sp³-hybridized carbons (Fsp3) is 0.462. The van der Waals surface area contributed by atoms with E-state index in [0.717, 1.165) is 42.7 Å². The van der Waals surface area contributed by atoms with Crippen molar-refractivity contribution in [3.63, 3.8) is 0 Å². The van der Waals surface area contributed by atoms with Crippen LogP contribution in [0.15, 0.2) is 42.5 Å². The number of hydrogen-bond donors (Lipinski definition) is 1. The number of carbonyl (C=O) groups is 2. The molecule has 0 unspecified atom stereocenters. The number of nitrogens with one attached hydrogen (secondary N) is 1. The van der Waals surface area contributed by atoms with Crippen molar-refractivity contribution >= 4 is 11.8 Å². The topological polar surface area (TPSA) is 58.6 Å². The van der Waals surface area contributed by atoms with Crippen molar-refractivity contribution in [3.05, 3.63) is 64.7 Å². The van der Waals surface area contributed by atoms with E-state index in [-0.39, 0.29) is 11.8 Å². The molecule has 0 aromatic heterocycles. The Kier molecular flexibility index (Phi) is 6.90. The van der Waals surface area contributed by atoms with Gasteiger partial charge in [0.25, 0.3) is 5.91 Å². The Bertz CT molecular complexity index is 940. The second-order valence-corrected chi connectivity index (χ2v) is 8.56. The number of hydrogen-bond acceptors (Lipinski definition) is 3. The lowest BCUT2D eigenvalue weighted by Gasteiger charge is -2.21. The van der Waals surface area contributed by atoms with Crippen molar-refractivity contribution in [3.8, 4) is 5.75 Å². The molecule has 2 aromatic carbocycles. The van der Waals surface area contributed by atoms with Gasteiger partial charge in [-0.05, 0) is 72.9 Å². The maximum atomic E-state index is 12.8. The summed E-state index contributed by atoms with van der Waals surface area (Å²) in [5, 5.41) is 3.04. The Hall–Kier alpha value is -2.82. The average molecular weight is 421 g/mol. The molecule has 0 radical (unpaired) electrons. The molecule has 1 aliphatic carbocycles. The molecule has 5 nitrogen and oxygen atoms in total. The van der Waals surface area contributed by atoms with Gasteiger partial charge in [0, 0.05) is 26.1 Å². The molecular formula is C26H32N2O3. The maximum Gasteiger partial charge on any atom is 0.261 e. The van der Waals surface area contributed by atoms with Gasteiger partial charge < -0.3 is 15.0 Å². The lowest BCUT2D eigenvalue weighted by Crippen LogP contribution is -2.38. The summed E-state index contributed by atoms with van der Waals surface area (Å²) in [6.45, 7) is 3.82. The van der Waals surface area contributed by atoms with E-state index in [1.807, 2.05) is 42.2 Å². The molecule has 4 rings (SSSR count). The largest absolute Gasteiger partial charge is 0.481 e. The fourth-order valence-corrected chi connectivity index (χ4v) is 4.53. The Morgan fingerprint density at radius 1 is 1.03 bits per heavy atom. The van der Waals surface area contributed by atoms with Crippen LogP contribution in [0.4, 0.5) is 0 Å². The number of amides is 2. The molecule has 1 N–H and O–H groups in total. The minimum absolute atomic E-state index is 0.104. The minimum Gasteiger partial charge on any atom is -0.481 e. The monoisotopic (exact) mass is 420 g/mol. The number of carbonyl (C=O) groups excluding carboxylic acids is 2. The second kappa shape index (κ2) is 9.99. The third-order valence-electron chi connectivity index (χ3n) is 6.37. The Labute approximate surface area is 184 Å². The molecule has 0 saturated carbocycles. The van der Waals surface area contributed by atoms with Crippen LogP contribution in [0.1, 0.15) is 61.3 Å². The zero-order chi connectivity index (χ0) is 21.6. The van der Waals surface area contributed by atoms with Gasteiger partial charge in [-0.25, -0.2) is 0 Å². The van der Waals surface area contributed by atoms with Crippen molar-refractivity contribution in [1.82, 2.24) is 10.2 Å². The smallest absolute Gasteiger partial charge is 0.261 e. The minimum atomic E-state index is -0.519. The van der Waals surface area contributed by atoms with Crippen LogP contribution in [-0.2, 0) is 35.5 Å². The fourth-order valence-electron chi connectivity index (χ4n) is 4.53. The molecular weight excluding hydrogens is 388 g/mol. The van der Waals surface area contributed by atoms with Gasteiger partial charge in [0.2, 0.25) is 5.91 Å². The molecule has 1 heterocycles. The lowest BCUT2D eigenvalue weighted by molar-refractivity contribution is -0.129. The normalized spacial score (nSPS) is 16.7. The van der Waals surface area contributed by atoms with E-state index in [4.69, 9.17) is 4.74 Å². The van der Waals surface area contributed by atoms with Gasteiger partial charge in [-0.2, -0.15) is 0 Å². The van der Waals surface area contributed by atoms with Crippen LogP contribution in [0.2, 0.25) is 0 Å². The summed E-state index contributed by atoms with van der Waals surface area (Å²) >= 11 is 0. The number of likely N-dealkylation sites (tertiary alicyclic amines) is 1.